The van der Waals surface area contributed by atoms with Gasteiger partial charge in [-0.2, -0.15) is 10.5 Å². The van der Waals surface area contributed by atoms with Gasteiger partial charge in [0.1, 0.15) is 17.7 Å². The highest BCUT2D eigenvalue weighted by Gasteiger charge is 1.92. The van der Waals surface area contributed by atoms with Crippen LogP contribution in [0.2, 0.25) is 0 Å². The molecule has 2 amide bonds. The number of hydrogen-bond donors (Lipinski definition) is 3. The highest BCUT2D eigenvalue weighted by atomic mass is 16.2. The van der Waals surface area contributed by atoms with Crippen LogP contribution < -0.4 is 16.2 Å². The third-order valence-corrected chi connectivity index (χ3v) is 0.870. The maximum atomic E-state index is 10.5. The van der Waals surface area contributed by atoms with Crippen LogP contribution in [0.5, 0.6) is 0 Å². The quantitative estimate of drug-likeness (QED) is 0.374. The molecule has 6 nitrogen and oxygen atoms in total. The molecule has 0 aliphatic rings. The molecule has 6 heteroatoms. The molecule has 0 aromatic carbocycles. The second-order valence-electron chi connectivity index (χ2n) is 1.63. The van der Waals surface area contributed by atoms with Crippen LogP contribution in [0.4, 0.5) is 4.79 Å². The topological polar surface area (TPSA) is 101 Å². The molecule has 0 aromatic heterocycles. The molecule has 0 atom stereocenters. The lowest BCUT2D eigenvalue weighted by Gasteiger charge is -2.01. The summed E-state index contributed by atoms with van der Waals surface area (Å²) >= 11 is 0. The van der Waals surface area contributed by atoms with Crippen LogP contribution in [0.1, 0.15) is 0 Å². The van der Waals surface area contributed by atoms with Crippen LogP contribution in [-0.4, -0.2) is 13.1 Å². The first-order chi connectivity index (χ1) is 5.74. The Bertz CT molecular complexity index is 253. The van der Waals surface area contributed by atoms with Gasteiger partial charge in [0.2, 0.25) is 0 Å². The number of allylic oxidation sites excluding steroid dienone is 1. The first-order valence-corrected chi connectivity index (χ1v) is 2.98. The molecule has 0 saturated carbocycles. The molecule has 0 unspecified atom stereocenters. The van der Waals surface area contributed by atoms with Crippen LogP contribution in [0.3, 0.4) is 0 Å². The van der Waals surface area contributed by atoms with Crippen LogP contribution in [-0.2, 0) is 0 Å². The predicted molar refractivity (Wildman–Crippen MR) is 40.0 cm³/mol. The van der Waals surface area contributed by atoms with E-state index in [1.165, 1.54) is 7.05 Å². The van der Waals surface area contributed by atoms with Crippen LogP contribution in [0, 0.1) is 22.7 Å². The van der Waals surface area contributed by atoms with Gasteiger partial charge in [0.05, 0.1) is 0 Å². The SMILES string of the molecule is CNC(=O)NNC=C(C#N)C#N. The molecule has 3 N–H and O–H groups in total. The van der Waals surface area contributed by atoms with Gasteiger partial charge in [-0.15, -0.1) is 0 Å². The summed E-state index contributed by atoms with van der Waals surface area (Å²) in [6.07, 6.45) is 1.09. The monoisotopic (exact) mass is 165 g/mol. The smallest absolute Gasteiger partial charge is 0.333 e. The third-order valence-electron chi connectivity index (χ3n) is 0.870. The normalized spacial score (nSPS) is 6.92. The molecule has 0 bridgehead atoms. The summed E-state index contributed by atoms with van der Waals surface area (Å²) in [7, 11) is 1.44. The van der Waals surface area contributed by atoms with Crippen molar-refractivity contribution in [3.63, 3.8) is 0 Å². The number of amides is 2. The number of carbonyl (C=O) groups excluding carboxylic acids is 1. The molecule has 12 heavy (non-hydrogen) atoms. The number of hydrogen-bond acceptors (Lipinski definition) is 4. The summed E-state index contributed by atoms with van der Waals surface area (Å²) in [5.41, 5.74) is 4.30. The second kappa shape index (κ2) is 5.57. The zero-order valence-corrected chi connectivity index (χ0v) is 6.38. The fourth-order valence-electron chi connectivity index (χ4n) is 0.326. The summed E-state index contributed by atoms with van der Waals surface area (Å²) < 4.78 is 0. The Kier molecular flexibility index (Phi) is 4.54. The molecule has 0 rings (SSSR count). The van der Waals surface area contributed by atoms with E-state index in [2.05, 4.69) is 16.2 Å². The maximum Gasteiger partial charge on any atom is 0.333 e. The number of nitrogens with one attached hydrogen (secondary N) is 3. The fourth-order valence-corrected chi connectivity index (χ4v) is 0.326. The summed E-state index contributed by atoms with van der Waals surface area (Å²) in [5, 5.41) is 18.7. The second-order valence-corrected chi connectivity index (χ2v) is 1.63. The number of rotatable bonds is 2. The van der Waals surface area contributed by atoms with E-state index in [1.54, 1.807) is 12.1 Å². The summed E-state index contributed by atoms with van der Waals surface area (Å²) in [6, 6.07) is 2.76. The Morgan fingerprint density at radius 1 is 1.42 bits per heavy atom. The van der Waals surface area contributed by atoms with Gasteiger partial charge < -0.3 is 10.7 Å². The Balaban J connectivity index is 3.84. The van der Waals surface area contributed by atoms with E-state index in [1.807, 2.05) is 0 Å². The highest BCUT2D eigenvalue weighted by Crippen LogP contribution is 1.82. The standard InChI is InChI=1S/C6H7N5O/c1-9-6(12)11-10-4-5(2-7)3-8/h4,10H,1H3,(H2,9,11,12). The molecule has 0 heterocycles. The Morgan fingerprint density at radius 3 is 2.42 bits per heavy atom. The maximum absolute atomic E-state index is 10.5. The summed E-state index contributed by atoms with van der Waals surface area (Å²) in [5.74, 6) is 0. The molecule has 0 aliphatic heterocycles. The molecule has 0 aromatic rings. The summed E-state index contributed by atoms with van der Waals surface area (Å²) in [6.45, 7) is 0. The lowest BCUT2D eigenvalue weighted by molar-refractivity contribution is 0.240. The van der Waals surface area contributed by atoms with Gasteiger partial charge in [-0.3, -0.25) is 5.43 Å². The van der Waals surface area contributed by atoms with Crippen molar-refractivity contribution in [3.05, 3.63) is 11.8 Å². The third kappa shape index (κ3) is 3.75. The van der Waals surface area contributed by atoms with Crippen molar-refractivity contribution in [2.24, 2.45) is 0 Å². The average molecular weight is 165 g/mol. The van der Waals surface area contributed by atoms with Crippen molar-refractivity contribution < 1.29 is 4.79 Å². The Hall–Kier alpha value is -2.21. The largest absolute Gasteiger partial charge is 0.340 e. The molecule has 0 fully saturated rings. The minimum Gasteiger partial charge on any atom is -0.340 e. The first-order valence-electron chi connectivity index (χ1n) is 2.98. The number of carbonyl (C=O) groups is 1. The zero-order chi connectivity index (χ0) is 9.40. The van der Waals surface area contributed by atoms with E-state index in [9.17, 15) is 4.79 Å². The van der Waals surface area contributed by atoms with Crippen LogP contribution in [0.15, 0.2) is 11.8 Å². The number of nitriles is 2. The van der Waals surface area contributed by atoms with Crippen molar-refractivity contribution in [1.29, 1.82) is 10.5 Å². The van der Waals surface area contributed by atoms with Crippen molar-refractivity contribution in [2.45, 2.75) is 0 Å². The van der Waals surface area contributed by atoms with Crippen LogP contribution >= 0.6 is 0 Å². The average Bonchev–Trinajstić information content (AvgIpc) is 2.12. The predicted octanol–water partition coefficient (Wildman–Crippen LogP) is -0.649. The van der Waals surface area contributed by atoms with E-state index in [4.69, 9.17) is 10.5 Å². The highest BCUT2D eigenvalue weighted by molar-refractivity contribution is 5.72. The number of hydrazine groups is 1. The Labute approximate surface area is 69.4 Å². The van der Waals surface area contributed by atoms with E-state index in [0.717, 1.165) is 6.20 Å². The van der Waals surface area contributed by atoms with Crippen LogP contribution in [0.25, 0.3) is 0 Å². The molecule has 0 saturated heterocycles. The number of urea groups is 1. The van der Waals surface area contributed by atoms with Crippen molar-refractivity contribution in [3.8, 4) is 12.1 Å². The van der Waals surface area contributed by atoms with Gasteiger partial charge in [0.25, 0.3) is 0 Å². The van der Waals surface area contributed by atoms with Gasteiger partial charge in [0, 0.05) is 13.2 Å². The van der Waals surface area contributed by atoms with E-state index in [0.29, 0.717) is 0 Å². The van der Waals surface area contributed by atoms with E-state index in [-0.39, 0.29) is 5.57 Å². The minimum atomic E-state index is -0.457. The van der Waals surface area contributed by atoms with Gasteiger partial charge in [0.15, 0.2) is 0 Å². The van der Waals surface area contributed by atoms with Gasteiger partial charge in [-0.05, 0) is 0 Å². The van der Waals surface area contributed by atoms with Gasteiger partial charge in [-0.1, -0.05) is 0 Å². The van der Waals surface area contributed by atoms with E-state index >= 15 is 0 Å². The van der Waals surface area contributed by atoms with Crippen molar-refractivity contribution in [1.82, 2.24) is 16.2 Å². The van der Waals surface area contributed by atoms with E-state index < -0.39 is 6.03 Å². The van der Waals surface area contributed by atoms with Crippen molar-refractivity contribution in [2.75, 3.05) is 7.05 Å². The molecular weight excluding hydrogens is 158 g/mol. The van der Waals surface area contributed by atoms with Crippen molar-refractivity contribution >= 4 is 6.03 Å². The molecule has 0 spiro atoms. The Morgan fingerprint density at radius 2 is 2.00 bits per heavy atom. The first kappa shape index (κ1) is 9.79. The molecule has 0 radical (unpaired) electrons. The summed E-state index contributed by atoms with van der Waals surface area (Å²) in [4.78, 5) is 10.5. The lowest BCUT2D eigenvalue weighted by Crippen LogP contribution is -2.40. The molecule has 62 valence electrons. The van der Waals surface area contributed by atoms with Gasteiger partial charge in [-0.25, -0.2) is 4.79 Å². The zero-order valence-electron chi connectivity index (χ0n) is 6.38. The number of nitrogens with zero attached hydrogens (tertiary/aromatic N) is 2. The van der Waals surface area contributed by atoms with Gasteiger partial charge >= 0.3 is 6.03 Å². The molecule has 0 aliphatic carbocycles. The molecular formula is C6H7N5O. The fraction of sp³-hybridized carbons (Fsp3) is 0.167. The minimum absolute atomic E-state index is 0.119. The lowest BCUT2D eigenvalue weighted by atomic mass is 10.4.